The van der Waals surface area contributed by atoms with Gasteiger partial charge in [-0.25, -0.2) is 0 Å². The van der Waals surface area contributed by atoms with Crippen molar-refractivity contribution in [2.75, 3.05) is 7.11 Å². The minimum Gasteiger partial charge on any atom is -0.497 e. The van der Waals surface area contributed by atoms with E-state index in [1.54, 1.807) is 7.11 Å². The fraction of sp³-hybridized carbons (Fsp3) is 0.500. The van der Waals surface area contributed by atoms with Gasteiger partial charge in [-0.05, 0) is 30.5 Å². The molecule has 1 aliphatic rings. The van der Waals surface area contributed by atoms with E-state index in [4.69, 9.17) is 14.6 Å². The molecule has 0 saturated carbocycles. The zero-order valence-corrected chi connectivity index (χ0v) is 10.5. The topological polar surface area (TPSA) is 59.1 Å². The molecule has 0 aliphatic carbocycles. The predicted molar refractivity (Wildman–Crippen MR) is 66.8 cm³/mol. The van der Waals surface area contributed by atoms with Crippen molar-refractivity contribution in [3.63, 3.8) is 0 Å². The van der Waals surface area contributed by atoms with Gasteiger partial charge < -0.3 is 14.6 Å². The molecule has 0 aromatic heterocycles. The largest absolute Gasteiger partial charge is 0.497 e. The van der Waals surface area contributed by atoms with Crippen molar-refractivity contribution in [3.8, 4) is 5.75 Å². The quantitative estimate of drug-likeness (QED) is 0.754. The van der Waals surface area contributed by atoms with Gasteiger partial charge in [0.25, 0.3) is 0 Å². The average Bonchev–Trinajstić information content (AvgIpc) is 3.08. The van der Waals surface area contributed by atoms with E-state index < -0.39 is 5.97 Å². The average molecular weight is 250 g/mol. The molecule has 2 unspecified atom stereocenters. The standard InChI is InChI=1S/C14H18O4/c1-17-11-7-5-10(6-8-11)9-13-12(18-13)3-2-4-14(15)16/h5-8,12-13H,2-4,9H2,1H3,(H,15,16). The van der Waals surface area contributed by atoms with Crippen molar-refractivity contribution in [1.82, 2.24) is 0 Å². The normalized spacial score (nSPS) is 21.6. The van der Waals surface area contributed by atoms with Crippen molar-refractivity contribution >= 4 is 5.97 Å². The molecule has 0 amide bonds. The Balaban J connectivity index is 1.70. The van der Waals surface area contributed by atoms with Gasteiger partial charge in [0, 0.05) is 12.8 Å². The van der Waals surface area contributed by atoms with Crippen LogP contribution in [0.15, 0.2) is 24.3 Å². The minimum absolute atomic E-state index is 0.231. The maximum atomic E-state index is 10.4. The van der Waals surface area contributed by atoms with Gasteiger partial charge in [-0.1, -0.05) is 12.1 Å². The Hall–Kier alpha value is -1.55. The van der Waals surface area contributed by atoms with E-state index in [0.717, 1.165) is 18.6 Å². The molecular formula is C14H18O4. The van der Waals surface area contributed by atoms with Crippen molar-refractivity contribution in [2.45, 2.75) is 37.9 Å². The zero-order valence-electron chi connectivity index (χ0n) is 10.5. The van der Waals surface area contributed by atoms with Crippen LogP contribution in [0.1, 0.15) is 24.8 Å². The summed E-state index contributed by atoms with van der Waals surface area (Å²) in [6.07, 6.45) is 3.15. The molecule has 2 atom stereocenters. The van der Waals surface area contributed by atoms with Crippen LogP contribution in [0.2, 0.25) is 0 Å². The third kappa shape index (κ3) is 3.74. The molecule has 1 aromatic carbocycles. The van der Waals surface area contributed by atoms with Crippen LogP contribution in [0.4, 0.5) is 0 Å². The number of epoxide rings is 1. The van der Waals surface area contributed by atoms with Gasteiger partial charge in [0.2, 0.25) is 0 Å². The molecule has 0 radical (unpaired) electrons. The highest BCUT2D eigenvalue weighted by molar-refractivity contribution is 5.66. The van der Waals surface area contributed by atoms with E-state index in [-0.39, 0.29) is 18.6 Å². The number of carbonyl (C=O) groups is 1. The lowest BCUT2D eigenvalue weighted by Gasteiger charge is -2.01. The lowest BCUT2D eigenvalue weighted by molar-refractivity contribution is -0.137. The summed E-state index contributed by atoms with van der Waals surface area (Å²) in [6, 6.07) is 7.96. The van der Waals surface area contributed by atoms with E-state index >= 15 is 0 Å². The van der Waals surface area contributed by atoms with Crippen molar-refractivity contribution in [1.29, 1.82) is 0 Å². The van der Waals surface area contributed by atoms with Crippen LogP contribution >= 0.6 is 0 Å². The number of methoxy groups -OCH3 is 1. The highest BCUT2D eigenvalue weighted by atomic mass is 16.6. The summed E-state index contributed by atoms with van der Waals surface area (Å²) in [5.74, 6) is 0.121. The summed E-state index contributed by atoms with van der Waals surface area (Å²) in [6.45, 7) is 0. The summed E-state index contributed by atoms with van der Waals surface area (Å²) in [5, 5.41) is 8.54. The van der Waals surface area contributed by atoms with Gasteiger partial charge in [-0.3, -0.25) is 4.79 Å². The molecule has 18 heavy (non-hydrogen) atoms. The number of hydrogen-bond donors (Lipinski definition) is 1. The summed E-state index contributed by atoms with van der Waals surface area (Å²) in [4.78, 5) is 10.4. The number of benzene rings is 1. The van der Waals surface area contributed by atoms with Crippen molar-refractivity contribution in [2.24, 2.45) is 0 Å². The third-order valence-electron chi connectivity index (χ3n) is 3.16. The lowest BCUT2D eigenvalue weighted by atomic mass is 10.1. The molecule has 1 saturated heterocycles. The van der Waals surface area contributed by atoms with Crippen LogP contribution in [0.5, 0.6) is 5.75 Å². The first-order valence-corrected chi connectivity index (χ1v) is 6.19. The number of aliphatic carboxylic acids is 1. The molecule has 1 heterocycles. The van der Waals surface area contributed by atoms with Crippen LogP contribution in [0, 0.1) is 0 Å². The molecule has 1 aromatic rings. The summed E-state index contributed by atoms with van der Waals surface area (Å²) in [7, 11) is 1.65. The van der Waals surface area contributed by atoms with Crippen molar-refractivity contribution < 1.29 is 19.4 Å². The van der Waals surface area contributed by atoms with Crippen LogP contribution < -0.4 is 4.74 Å². The first kappa shape index (κ1) is 12.9. The number of carboxylic acids is 1. The van der Waals surface area contributed by atoms with E-state index in [2.05, 4.69) is 0 Å². The van der Waals surface area contributed by atoms with E-state index in [1.165, 1.54) is 5.56 Å². The second-order valence-corrected chi connectivity index (χ2v) is 4.55. The minimum atomic E-state index is -0.734. The highest BCUT2D eigenvalue weighted by Crippen LogP contribution is 2.30. The van der Waals surface area contributed by atoms with Crippen LogP contribution in [-0.2, 0) is 16.0 Å². The summed E-state index contributed by atoms with van der Waals surface area (Å²) >= 11 is 0. The first-order valence-electron chi connectivity index (χ1n) is 6.19. The van der Waals surface area contributed by atoms with E-state index in [1.807, 2.05) is 24.3 Å². The second-order valence-electron chi connectivity index (χ2n) is 4.55. The molecule has 4 nitrogen and oxygen atoms in total. The Labute approximate surface area is 107 Å². The highest BCUT2D eigenvalue weighted by Gasteiger charge is 2.37. The van der Waals surface area contributed by atoms with E-state index in [0.29, 0.717) is 6.42 Å². The van der Waals surface area contributed by atoms with Gasteiger partial charge >= 0.3 is 5.97 Å². The maximum Gasteiger partial charge on any atom is 0.303 e. The Kier molecular flexibility index (Phi) is 4.20. The lowest BCUT2D eigenvalue weighted by Crippen LogP contribution is -2.01. The molecule has 4 heteroatoms. The molecule has 1 fully saturated rings. The van der Waals surface area contributed by atoms with Crippen LogP contribution in [-0.4, -0.2) is 30.4 Å². The SMILES string of the molecule is COc1ccc(CC2OC2CCCC(=O)O)cc1. The molecule has 1 N–H and O–H groups in total. The van der Waals surface area contributed by atoms with Gasteiger partial charge in [0.05, 0.1) is 19.3 Å². The maximum absolute atomic E-state index is 10.4. The fourth-order valence-electron chi connectivity index (χ4n) is 2.06. The smallest absolute Gasteiger partial charge is 0.303 e. The second kappa shape index (κ2) is 5.87. The molecular weight excluding hydrogens is 232 g/mol. The molecule has 2 rings (SSSR count). The van der Waals surface area contributed by atoms with Crippen LogP contribution in [0.25, 0.3) is 0 Å². The Morgan fingerprint density at radius 3 is 2.67 bits per heavy atom. The molecule has 98 valence electrons. The van der Waals surface area contributed by atoms with Gasteiger partial charge in [0.15, 0.2) is 0 Å². The predicted octanol–water partition coefficient (Wildman–Crippen LogP) is 2.26. The Bertz CT molecular complexity index is 399. The first-order chi connectivity index (χ1) is 8.69. The Morgan fingerprint density at radius 1 is 1.33 bits per heavy atom. The number of rotatable bonds is 7. The van der Waals surface area contributed by atoms with Crippen LogP contribution in [0.3, 0.4) is 0 Å². The molecule has 0 bridgehead atoms. The fourth-order valence-corrected chi connectivity index (χ4v) is 2.06. The summed E-state index contributed by atoms with van der Waals surface area (Å²) in [5.41, 5.74) is 1.22. The molecule has 0 spiro atoms. The van der Waals surface area contributed by atoms with Gasteiger partial charge in [-0.15, -0.1) is 0 Å². The molecule has 1 aliphatic heterocycles. The van der Waals surface area contributed by atoms with Gasteiger partial charge in [-0.2, -0.15) is 0 Å². The van der Waals surface area contributed by atoms with Gasteiger partial charge in [0.1, 0.15) is 5.75 Å². The number of hydrogen-bond acceptors (Lipinski definition) is 3. The summed E-state index contributed by atoms with van der Waals surface area (Å²) < 4.78 is 10.6. The van der Waals surface area contributed by atoms with Crippen molar-refractivity contribution in [3.05, 3.63) is 29.8 Å². The number of carboxylic acid groups (broad SMARTS) is 1. The third-order valence-corrected chi connectivity index (χ3v) is 3.16. The number of ether oxygens (including phenoxy) is 2. The van der Waals surface area contributed by atoms with E-state index in [9.17, 15) is 4.79 Å². The zero-order chi connectivity index (χ0) is 13.0. The Morgan fingerprint density at radius 2 is 2.06 bits per heavy atom. The monoisotopic (exact) mass is 250 g/mol.